The topological polar surface area (TPSA) is 69.6 Å². The molecule has 0 bridgehead atoms. The van der Waals surface area contributed by atoms with Crippen molar-refractivity contribution in [1.82, 2.24) is 10.2 Å². The summed E-state index contributed by atoms with van der Waals surface area (Å²) in [6.45, 7) is 11.4. The maximum absolute atomic E-state index is 12.4. The third-order valence-corrected chi connectivity index (χ3v) is 3.95. The molecule has 5 nitrogen and oxygen atoms in total. The number of carbonyl (C=O) groups excluding carboxylic acids is 2. The van der Waals surface area contributed by atoms with Gasteiger partial charge in [0.15, 0.2) is 0 Å². The Morgan fingerprint density at radius 2 is 1.80 bits per heavy atom. The maximum atomic E-state index is 12.4. The van der Waals surface area contributed by atoms with Crippen LogP contribution in [-0.4, -0.2) is 46.1 Å². The summed E-state index contributed by atoms with van der Waals surface area (Å²) < 4.78 is 0. The molecular weight excluding hydrogens is 256 g/mol. The van der Waals surface area contributed by atoms with E-state index in [9.17, 15) is 14.7 Å². The smallest absolute Gasteiger partial charge is 0.243 e. The molecule has 116 valence electrons. The molecule has 0 saturated carbocycles. The van der Waals surface area contributed by atoms with Crippen molar-refractivity contribution >= 4 is 11.8 Å². The molecule has 1 rings (SSSR count). The summed E-state index contributed by atoms with van der Waals surface area (Å²) >= 11 is 0. The fraction of sp³-hybridized carbons (Fsp3) is 0.867. The Morgan fingerprint density at radius 3 is 2.25 bits per heavy atom. The summed E-state index contributed by atoms with van der Waals surface area (Å²) in [6.07, 6.45) is 0.873. The van der Waals surface area contributed by atoms with Gasteiger partial charge in [0.2, 0.25) is 11.8 Å². The number of aliphatic hydroxyl groups excluding tert-OH is 1. The van der Waals surface area contributed by atoms with Gasteiger partial charge in [-0.3, -0.25) is 9.59 Å². The van der Waals surface area contributed by atoms with E-state index in [0.29, 0.717) is 13.0 Å². The summed E-state index contributed by atoms with van der Waals surface area (Å²) in [4.78, 5) is 26.4. The average molecular weight is 284 g/mol. The molecule has 2 atom stereocenters. The zero-order valence-corrected chi connectivity index (χ0v) is 13.5. The van der Waals surface area contributed by atoms with E-state index in [-0.39, 0.29) is 11.8 Å². The number of carbonyl (C=O) groups is 2. The lowest BCUT2D eigenvalue weighted by Gasteiger charge is -2.34. The van der Waals surface area contributed by atoms with Gasteiger partial charge >= 0.3 is 0 Å². The van der Waals surface area contributed by atoms with Gasteiger partial charge in [-0.2, -0.15) is 0 Å². The molecule has 5 heteroatoms. The van der Waals surface area contributed by atoms with Gasteiger partial charge in [0, 0.05) is 12.0 Å². The largest absolute Gasteiger partial charge is 0.391 e. The van der Waals surface area contributed by atoms with Crippen LogP contribution in [0.25, 0.3) is 0 Å². The molecule has 2 amide bonds. The van der Waals surface area contributed by atoms with Crippen LogP contribution in [0.2, 0.25) is 0 Å². The van der Waals surface area contributed by atoms with Crippen molar-refractivity contribution in [3.8, 4) is 0 Å². The van der Waals surface area contributed by atoms with Crippen LogP contribution in [0, 0.1) is 5.41 Å². The number of hydrogen-bond acceptors (Lipinski definition) is 3. The van der Waals surface area contributed by atoms with Gasteiger partial charge in [0.05, 0.1) is 11.6 Å². The van der Waals surface area contributed by atoms with E-state index in [1.165, 1.54) is 0 Å². The summed E-state index contributed by atoms with van der Waals surface area (Å²) in [5.74, 6) is -0.170. The minimum atomic E-state index is -0.698. The number of rotatable bonds is 3. The average Bonchev–Trinajstić information content (AvgIpc) is 2.74. The normalized spacial score (nSPS) is 21.8. The second-order valence-corrected chi connectivity index (χ2v) is 7.29. The number of nitrogens with one attached hydrogen (secondary N) is 1. The van der Waals surface area contributed by atoms with Gasteiger partial charge < -0.3 is 15.3 Å². The van der Waals surface area contributed by atoms with E-state index >= 15 is 0 Å². The number of aliphatic hydroxyl groups is 1. The highest BCUT2D eigenvalue weighted by Gasteiger charge is 2.40. The molecule has 0 aromatic carbocycles. The predicted molar refractivity (Wildman–Crippen MR) is 78.1 cm³/mol. The lowest BCUT2D eigenvalue weighted by Crippen LogP contribution is -2.57. The van der Waals surface area contributed by atoms with Crippen LogP contribution >= 0.6 is 0 Å². The highest BCUT2D eigenvalue weighted by Crippen LogP contribution is 2.26. The Morgan fingerprint density at radius 1 is 1.25 bits per heavy atom. The van der Waals surface area contributed by atoms with Crippen LogP contribution in [0.3, 0.4) is 0 Å². The lowest BCUT2D eigenvalue weighted by atomic mass is 9.94. The first-order chi connectivity index (χ1) is 8.97. The molecule has 1 saturated heterocycles. The first kappa shape index (κ1) is 17.0. The Hall–Kier alpha value is -1.10. The third kappa shape index (κ3) is 3.72. The van der Waals surface area contributed by atoms with Gasteiger partial charge in [-0.25, -0.2) is 0 Å². The van der Waals surface area contributed by atoms with E-state index < -0.39 is 23.1 Å². The van der Waals surface area contributed by atoms with Gasteiger partial charge in [-0.05, 0) is 33.6 Å². The molecular formula is C15H28N2O3. The summed E-state index contributed by atoms with van der Waals surface area (Å²) in [5.41, 5.74) is -1.18. The molecule has 0 radical (unpaired) electrons. The molecule has 1 aliphatic rings. The van der Waals surface area contributed by atoms with Crippen molar-refractivity contribution in [2.45, 2.75) is 72.1 Å². The SMILES string of the molecule is CC(O)C(C)(C)NC(=O)C1CCCN1C(=O)C(C)(C)C. The van der Waals surface area contributed by atoms with Crippen molar-refractivity contribution in [2.75, 3.05) is 6.54 Å². The van der Waals surface area contributed by atoms with Crippen molar-refractivity contribution in [3.05, 3.63) is 0 Å². The Labute approximate surface area is 121 Å². The Balaban J connectivity index is 2.80. The zero-order valence-electron chi connectivity index (χ0n) is 13.5. The van der Waals surface area contributed by atoms with Gasteiger partial charge in [0.25, 0.3) is 0 Å². The minimum absolute atomic E-state index is 0.00463. The monoisotopic (exact) mass is 284 g/mol. The molecule has 1 fully saturated rings. The molecule has 0 aromatic heterocycles. The summed E-state index contributed by atoms with van der Waals surface area (Å²) in [6, 6.07) is -0.417. The fourth-order valence-corrected chi connectivity index (χ4v) is 2.22. The maximum Gasteiger partial charge on any atom is 0.243 e. The Kier molecular flexibility index (Phi) is 4.85. The second kappa shape index (κ2) is 5.72. The molecule has 1 aliphatic heterocycles. The molecule has 0 aliphatic carbocycles. The number of likely N-dealkylation sites (tertiary alicyclic amines) is 1. The molecule has 0 aromatic rings. The van der Waals surface area contributed by atoms with Gasteiger partial charge in [0.1, 0.15) is 6.04 Å². The first-order valence-electron chi connectivity index (χ1n) is 7.28. The summed E-state index contributed by atoms with van der Waals surface area (Å²) in [5, 5.41) is 12.5. The van der Waals surface area contributed by atoms with Crippen molar-refractivity contribution in [2.24, 2.45) is 5.41 Å². The summed E-state index contributed by atoms with van der Waals surface area (Å²) in [7, 11) is 0. The van der Waals surface area contributed by atoms with E-state index in [2.05, 4.69) is 5.32 Å². The van der Waals surface area contributed by atoms with Crippen LogP contribution in [0.1, 0.15) is 54.4 Å². The number of hydrogen-bond donors (Lipinski definition) is 2. The molecule has 20 heavy (non-hydrogen) atoms. The molecule has 2 N–H and O–H groups in total. The van der Waals surface area contributed by atoms with Crippen LogP contribution < -0.4 is 5.32 Å². The van der Waals surface area contributed by atoms with E-state index in [0.717, 1.165) is 6.42 Å². The van der Waals surface area contributed by atoms with Crippen LogP contribution in [0.15, 0.2) is 0 Å². The van der Waals surface area contributed by atoms with Gasteiger partial charge in [-0.15, -0.1) is 0 Å². The van der Waals surface area contributed by atoms with Crippen molar-refractivity contribution in [3.63, 3.8) is 0 Å². The first-order valence-corrected chi connectivity index (χ1v) is 7.28. The Bertz CT molecular complexity index is 383. The quantitative estimate of drug-likeness (QED) is 0.820. The highest BCUT2D eigenvalue weighted by atomic mass is 16.3. The molecule has 1 heterocycles. The van der Waals surface area contributed by atoms with E-state index in [4.69, 9.17) is 0 Å². The van der Waals surface area contributed by atoms with Crippen molar-refractivity contribution in [1.29, 1.82) is 0 Å². The third-order valence-electron chi connectivity index (χ3n) is 3.95. The zero-order chi connectivity index (χ0) is 15.7. The van der Waals surface area contributed by atoms with Crippen LogP contribution in [-0.2, 0) is 9.59 Å². The highest BCUT2D eigenvalue weighted by molar-refractivity contribution is 5.90. The second-order valence-electron chi connectivity index (χ2n) is 7.29. The molecule has 2 unspecified atom stereocenters. The minimum Gasteiger partial charge on any atom is -0.391 e. The van der Waals surface area contributed by atoms with E-state index in [1.54, 1.807) is 25.7 Å². The van der Waals surface area contributed by atoms with Gasteiger partial charge in [-0.1, -0.05) is 20.8 Å². The number of nitrogens with zero attached hydrogens (tertiary/aromatic N) is 1. The predicted octanol–water partition coefficient (Wildman–Crippen LogP) is 1.30. The van der Waals surface area contributed by atoms with Crippen molar-refractivity contribution < 1.29 is 14.7 Å². The number of amides is 2. The standard InChI is InChI=1S/C15H28N2O3/c1-10(18)15(5,6)16-12(19)11-8-7-9-17(11)13(20)14(2,3)4/h10-11,18H,7-9H2,1-6H3,(H,16,19). The molecule has 0 spiro atoms. The lowest BCUT2D eigenvalue weighted by molar-refractivity contribution is -0.145. The fourth-order valence-electron chi connectivity index (χ4n) is 2.22. The van der Waals surface area contributed by atoms with Crippen LogP contribution in [0.4, 0.5) is 0 Å². The van der Waals surface area contributed by atoms with Crippen LogP contribution in [0.5, 0.6) is 0 Å². The van der Waals surface area contributed by atoms with E-state index in [1.807, 2.05) is 20.8 Å².